The lowest BCUT2D eigenvalue weighted by Gasteiger charge is -2.35. The van der Waals surface area contributed by atoms with Gasteiger partial charge in [-0.3, -0.25) is 0 Å². The highest BCUT2D eigenvalue weighted by molar-refractivity contribution is 7.89. The van der Waals surface area contributed by atoms with Crippen molar-refractivity contribution in [2.75, 3.05) is 13.1 Å². The van der Waals surface area contributed by atoms with Gasteiger partial charge in [-0.05, 0) is 38.0 Å². The van der Waals surface area contributed by atoms with Crippen LogP contribution in [0.15, 0.2) is 23.1 Å². The van der Waals surface area contributed by atoms with E-state index in [9.17, 15) is 13.5 Å². The fourth-order valence-corrected chi connectivity index (χ4v) is 4.00. The van der Waals surface area contributed by atoms with Crippen LogP contribution in [0.5, 0.6) is 0 Å². The molecule has 20 heavy (non-hydrogen) atoms. The number of rotatable bonds is 2. The van der Waals surface area contributed by atoms with Crippen molar-refractivity contribution in [3.05, 3.63) is 28.8 Å². The maximum absolute atomic E-state index is 12.6. The Balaban J connectivity index is 2.37. The van der Waals surface area contributed by atoms with Gasteiger partial charge in [-0.2, -0.15) is 9.57 Å². The normalized spacial score (nSPS) is 19.5. The Morgan fingerprint density at radius 1 is 1.40 bits per heavy atom. The lowest BCUT2D eigenvalue weighted by atomic mass is 9.95. The Kier molecular flexibility index (Phi) is 4.07. The molecule has 1 heterocycles. The lowest BCUT2D eigenvalue weighted by molar-refractivity contribution is 0.0126. The van der Waals surface area contributed by atoms with Gasteiger partial charge in [-0.15, -0.1) is 0 Å². The molecule has 0 saturated carbocycles. The van der Waals surface area contributed by atoms with E-state index >= 15 is 0 Å². The summed E-state index contributed by atoms with van der Waals surface area (Å²) in [6.07, 6.45) is 0.739. The predicted molar refractivity (Wildman–Crippen MR) is 74.8 cm³/mol. The molecule has 0 amide bonds. The zero-order chi connectivity index (χ0) is 15.0. The zero-order valence-electron chi connectivity index (χ0n) is 11.0. The van der Waals surface area contributed by atoms with E-state index < -0.39 is 15.6 Å². The summed E-state index contributed by atoms with van der Waals surface area (Å²) in [6.45, 7) is 2.15. The summed E-state index contributed by atoms with van der Waals surface area (Å²) in [5.41, 5.74) is -0.759. The third kappa shape index (κ3) is 2.96. The summed E-state index contributed by atoms with van der Waals surface area (Å²) in [5, 5.41) is 19.2. The number of aliphatic hydroxyl groups is 1. The molecule has 1 aliphatic rings. The van der Waals surface area contributed by atoms with E-state index in [0.29, 0.717) is 12.8 Å². The lowest BCUT2D eigenvalue weighted by Crippen LogP contribution is -2.45. The molecule has 1 N–H and O–H groups in total. The van der Waals surface area contributed by atoms with Crippen LogP contribution in [0.3, 0.4) is 0 Å². The average molecular weight is 315 g/mol. The predicted octanol–water partition coefficient (Wildman–Crippen LogP) is 1.75. The van der Waals surface area contributed by atoms with Gasteiger partial charge in [-0.25, -0.2) is 8.42 Å². The third-order valence-electron chi connectivity index (χ3n) is 3.48. The van der Waals surface area contributed by atoms with Crippen molar-refractivity contribution < 1.29 is 13.5 Å². The molecule has 0 atom stereocenters. The van der Waals surface area contributed by atoms with Crippen molar-refractivity contribution >= 4 is 21.6 Å². The molecule has 1 fully saturated rings. The van der Waals surface area contributed by atoms with Crippen LogP contribution in [0.2, 0.25) is 5.02 Å². The summed E-state index contributed by atoms with van der Waals surface area (Å²) in [7, 11) is -3.76. The Morgan fingerprint density at radius 3 is 2.55 bits per heavy atom. The summed E-state index contributed by atoms with van der Waals surface area (Å²) < 4.78 is 26.4. The van der Waals surface area contributed by atoms with E-state index in [2.05, 4.69) is 0 Å². The number of hydrogen-bond donors (Lipinski definition) is 1. The van der Waals surface area contributed by atoms with E-state index in [0.717, 1.165) is 0 Å². The van der Waals surface area contributed by atoms with Crippen LogP contribution >= 0.6 is 11.6 Å². The second kappa shape index (κ2) is 5.34. The molecule has 1 aromatic carbocycles. The molecule has 1 aromatic rings. The van der Waals surface area contributed by atoms with Crippen LogP contribution in [0.25, 0.3) is 0 Å². The Labute approximate surface area is 123 Å². The van der Waals surface area contributed by atoms with Crippen LogP contribution in [0, 0.1) is 11.3 Å². The quantitative estimate of drug-likeness (QED) is 0.901. The number of hydrogen-bond acceptors (Lipinski definition) is 4. The minimum Gasteiger partial charge on any atom is -0.390 e. The van der Waals surface area contributed by atoms with Gasteiger partial charge in [0.15, 0.2) is 0 Å². The van der Waals surface area contributed by atoms with Crippen LogP contribution in [-0.4, -0.2) is 36.5 Å². The van der Waals surface area contributed by atoms with Gasteiger partial charge in [0.2, 0.25) is 10.0 Å². The van der Waals surface area contributed by atoms with E-state index in [1.54, 1.807) is 6.92 Å². The van der Waals surface area contributed by atoms with E-state index in [1.807, 2.05) is 6.07 Å². The van der Waals surface area contributed by atoms with Crippen molar-refractivity contribution in [3.8, 4) is 6.07 Å². The van der Waals surface area contributed by atoms with E-state index in [-0.39, 0.29) is 28.6 Å². The van der Waals surface area contributed by atoms with Crippen LogP contribution < -0.4 is 0 Å². The molecule has 0 unspecified atom stereocenters. The topological polar surface area (TPSA) is 81.4 Å². The number of benzene rings is 1. The Morgan fingerprint density at radius 2 is 2.00 bits per heavy atom. The molecular formula is C13H15ClN2O3S. The molecule has 1 aliphatic heterocycles. The zero-order valence-corrected chi connectivity index (χ0v) is 12.6. The standard InChI is InChI=1S/C13H15ClN2O3S/c1-13(17)4-6-16(7-5-13)20(18,19)12-8-11(14)3-2-10(12)9-15/h2-3,8,17H,4-7H2,1H3. The summed E-state index contributed by atoms with van der Waals surface area (Å²) in [5.74, 6) is 0. The van der Waals surface area contributed by atoms with Gasteiger partial charge < -0.3 is 5.11 Å². The van der Waals surface area contributed by atoms with Crippen molar-refractivity contribution in [3.63, 3.8) is 0 Å². The number of halogens is 1. The second-order valence-corrected chi connectivity index (χ2v) is 7.50. The largest absolute Gasteiger partial charge is 0.390 e. The first-order chi connectivity index (χ1) is 9.26. The van der Waals surface area contributed by atoms with Crippen molar-refractivity contribution in [2.24, 2.45) is 0 Å². The van der Waals surface area contributed by atoms with E-state index in [1.165, 1.54) is 22.5 Å². The molecule has 0 bridgehead atoms. The summed E-state index contributed by atoms with van der Waals surface area (Å²) in [4.78, 5) is -0.0750. The highest BCUT2D eigenvalue weighted by atomic mass is 35.5. The van der Waals surface area contributed by atoms with Gasteiger partial charge in [-0.1, -0.05) is 11.6 Å². The number of nitrogens with zero attached hydrogens (tertiary/aromatic N) is 2. The minimum atomic E-state index is -3.76. The molecule has 0 radical (unpaired) electrons. The number of nitriles is 1. The fraction of sp³-hybridized carbons (Fsp3) is 0.462. The second-order valence-electron chi connectivity index (χ2n) is 5.15. The number of piperidine rings is 1. The first kappa shape index (κ1) is 15.3. The molecule has 108 valence electrons. The van der Waals surface area contributed by atoms with Gasteiger partial charge >= 0.3 is 0 Å². The molecule has 5 nitrogen and oxygen atoms in total. The molecule has 0 aliphatic carbocycles. The van der Waals surface area contributed by atoms with Crippen LogP contribution in [-0.2, 0) is 10.0 Å². The highest BCUT2D eigenvalue weighted by Gasteiger charge is 2.35. The molecular weight excluding hydrogens is 300 g/mol. The molecule has 2 rings (SSSR count). The Bertz CT molecular complexity index is 655. The average Bonchev–Trinajstić information content (AvgIpc) is 2.38. The maximum atomic E-state index is 12.6. The molecule has 0 aromatic heterocycles. The van der Waals surface area contributed by atoms with Crippen LogP contribution in [0.1, 0.15) is 25.3 Å². The van der Waals surface area contributed by atoms with Crippen molar-refractivity contribution in [1.82, 2.24) is 4.31 Å². The third-order valence-corrected chi connectivity index (χ3v) is 5.66. The Hall–Kier alpha value is -1.13. The fourth-order valence-electron chi connectivity index (χ4n) is 2.15. The molecule has 1 saturated heterocycles. The van der Waals surface area contributed by atoms with Gasteiger partial charge in [0.05, 0.1) is 11.2 Å². The van der Waals surface area contributed by atoms with Gasteiger partial charge in [0.25, 0.3) is 0 Å². The van der Waals surface area contributed by atoms with Crippen molar-refractivity contribution in [1.29, 1.82) is 5.26 Å². The highest BCUT2D eigenvalue weighted by Crippen LogP contribution is 2.28. The van der Waals surface area contributed by atoms with Crippen molar-refractivity contribution in [2.45, 2.75) is 30.3 Å². The summed E-state index contributed by atoms with van der Waals surface area (Å²) in [6, 6.07) is 6.05. The van der Waals surface area contributed by atoms with Gasteiger partial charge in [0, 0.05) is 18.1 Å². The first-order valence-electron chi connectivity index (χ1n) is 6.18. The smallest absolute Gasteiger partial charge is 0.244 e. The SMILES string of the molecule is CC1(O)CCN(S(=O)(=O)c2cc(Cl)ccc2C#N)CC1. The van der Waals surface area contributed by atoms with Crippen LogP contribution in [0.4, 0.5) is 0 Å². The maximum Gasteiger partial charge on any atom is 0.244 e. The number of sulfonamides is 1. The monoisotopic (exact) mass is 314 g/mol. The molecule has 7 heteroatoms. The first-order valence-corrected chi connectivity index (χ1v) is 8.00. The summed E-state index contributed by atoms with van der Waals surface area (Å²) >= 11 is 5.83. The minimum absolute atomic E-state index is 0.0750. The molecule has 0 spiro atoms. The van der Waals surface area contributed by atoms with Gasteiger partial charge in [0.1, 0.15) is 11.0 Å². The van der Waals surface area contributed by atoms with E-state index in [4.69, 9.17) is 16.9 Å².